The van der Waals surface area contributed by atoms with E-state index in [1.807, 2.05) is 24.3 Å². The molecule has 3 aromatic rings. The zero-order valence-electron chi connectivity index (χ0n) is 17.3. The van der Waals surface area contributed by atoms with Crippen LogP contribution in [0.2, 0.25) is 0 Å². The summed E-state index contributed by atoms with van der Waals surface area (Å²) in [6.07, 6.45) is 1.84. The summed E-state index contributed by atoms with van der Waals surface area (Å²) >= 11 is 1.76. The minimum atomic E-state index is -0.475. The summed E-state index contributed by atoms with van der Waals surface area (Å²) < 4.78 is 18.8. The first-order valence-corrected chi connectivity index (χ1v) is 11.2. The van der Waals surface area contributed by atoms with E-state index < -0.39 is 5.54 Å². The van der Waals surface area contributed by atoms with Gasteiger partial charge in [0.25, 0.3) is 0 Å². The number of rotatable bonds is 4. The zero-order chi connectivity index (χ0) is 20.7. The van der Waals surface area contributed by atoms with Crippen molar-refractivity contribution in [3.8, 4) is 17.2 Å². The van der Waals surface area contributed by atoms with Crippen LogP contribution in [0.1, 0.15) is 19.8 Å². The summed E-state index contributed by atoms with van der Waals surface area (Å²) in [5.41, 5.74) is 7.46. The number of anilines is 1. The Morgan fingerprint density at radius 2 is 1.97 bits per heavy atom. The lowest BCUT2D eigenvalue weighted by atomic mass is 9.76. The van der Waals surface area contributed by atoms with Crippen LogP contribution in [0, 0.1) is 5.92 Å². The Morgan fingerprint density at radius 3 is 2.73 bits per heavy atom. The van der Waals surface area contributed by atoms with Crippen LogP contribution in [-0.2, 0) is 0 Å². The predicted molar refractivity (Wildman–Crippen MR) is 120 cm³/mol. The van der Waals surface area contributed by atoms with Gasteiger partial charge in [0, 0.05) is 19.2 Å². The third-order valence-corrected chi connectivity index (χ3v) is 7.53. The van der Waals surface area contributed by atoms with Gasteiger partial charge in [-0.2, -0.15) is 0 Å². The Labute approximate surface area is 180 Å². The van der Waals surface area contributed by atoms with E-state index in [-0.39, 0.29) is 6.10 Å². The average Bonchev–Trinajstić information content (AvgIpc) is 3.23. The van der Waals surface area contributed by atoms with Crippen molar-refractivity contribution in [1.82, 2.24) is 4.98 Å². The number of para-hydroxylation sites is 1. The Balaban J connectivity index is 1.25. The number of aromatic nitrogens is 1. The van der Waals surface area contributed by atoms with Crippen LogP contribution in [0.25, 0.3) is 10.2 Å². The number of fused-ring (bicyclic) bond motifs is 2. The number of nitrogens with zero attached hydrogens (tertiary/aromatic N) is 2. The van der Waals surface area contributed by atoms with Gasteiger partial charge in [-0.3, -0.25) is 0 Å². The minimum absolute atomic E-state index is 0.183. The van der Waals surface area contributed by atoms with E-state index in [1.54, 1.807) is 18.4 Å². The lowest BCUT2D eigenvalue weighted by Crippen LogP contribution is -2.61. The summed E-state index contributed by atoms with van der Waals surface area (Å²) in [6.45, 7) is 4.47. The van der Waals surface area contributed by atoms with Crippen molar-refractivity contribution in [2.75, 3.05) is 31.7 Å². The largest absolute Gasteiger partial charge is 0.497 e. The molecule has 0 radical (unpaired) electrons. The summed E-state index contributed by atoms with van der Waals surface area (Å²) in [7, 11) is 1.64. The third kappa shape index (κ3) is 3.46. The van der Waals surface area contributed by atoms with Crippen LogP contribution in [0.15, 0.2) is 42.5 Å². The first kappa shape index (κ1) is 19.5. The summed E-state index contributed by atoms with van der Waals surface area (Å²) in [6, 6.07) is 14.0. The molecule has 7 heteroatoms. The Bertz CT molecular complexity index is 1010. The van der Waals surface area contributed by atoms with Gasteiger partial charge in [-0.25, -0.2) is 4.98 Å². The molecule has 158 valence electrons. The number of nitrogens with two attached hydrogens (primary N) is 1. The third-order valence-electron chi connectivity index (χ3n) is 6.43. The highest BCUT2D eigenvalue weighted by atomic mass is 32.1. The molecule has 6 nitrogen and oxygen atoms in total. The maximum absolute atomic E-state index is 6.86. The average molecular weight is 426 g/mol. The molecule has 30 heavy (non-hydrogen) atoms. The van der Waals surface area contributed by atoms with E-state index in [2.05, 4.69) is 30.0 Å². The first-order valence-electron chi connectivity index (χ1n) is 10.4. The highest BCUT2D eigenvalue weighted by molar-refractivity contribution is 7.22. The molecule has 2 aliphatic heterocycles. The van der Waals surface area contributed by atoms with E-state index in [1.165, 1.54) is 4.70 Å². The second-order valence-electron chi connectivity index (χ2n) is 8.32. The topological polar surface area (TPSA) is 69.8 Å². The fraction of sp³-hybridized carbons (Fsp3) is 0.435. The minimum Gasteiger partial charge on any atom is -0.497 e. The molecule has 2 aliphatic rings. The summed E-state index contributed by atoms with van der Waals surface area (Å²) in [4.78, 5) is 7.20. The van der Waals surface area contributed by atoms with E-state index in [0.29, 0.717) is 18.3 Å². The number of methoxy groups -OCH3 is 1. The zero-order valence-corrected chi connectivity index (χ0v) is 18.2. The van der Waals surface area contributed by atoms with Crippen LogP contribution in [-0.4, -0.2) is 43.4 Å². The van der Waals surface area contributed by atoms with E-state index in [0.717, 1.165) is 48.1 Å². The highest BCUT2D eigenvalue weighted by Gasteiger charge is 2.43. The fourth-order valence-corrected chi connectivity index (χ4v) is 5.45. The number of hydrogen-bond donors (Lipinski definition) is 1. The molecule has 0 spiro atoms. The van der Waals surface area contributed by atoms with Crippen molar-refractivity contribution < 1.29 is 14.2 Å². The van der Waals surface area contributed by atoms with Gasteiger partial charge in [0.1, 0.15) is 12.4 Å². The van der Waals surface area contributed by atoms with Gasteiger partial charge in [0.15, 0.2) is 22.7 Å². The Kier molecular flexibility index (Phi) is 4.95. The number of piperidine rings is 1. The Morgan fingerprint density at radius 1 is 1.17 bits per heavy atom. The molecule has 3 heterocycles. The van der Waals surface area contributed by atoms with Crippen LogP contribution in [0.5, 0.6) is 17.2 Å². The lowest BCUT2D eigenvalue weighted by molar-refractivity contribution is 0.00922. The van der Waals surface area contributed by atoms with E-state index in [4.69, 9.17) is 24.9 Å². The number of thiazole rings is 1. The maximum Gasteiger partial charge on any atom is 0.186 e. The van der Waals surface area contributed by atoms with Crippen molar-refractivity contribution in [2.45, 2.75) is 31.4 Å². The van der Waals surface area contributed by atoms with Gasteiger partial charge in [0.05, 0.1) is 22.9 Å². The molecule has 2 atom stereocenters. The highest BCUT2D eigenvalue weighted by Crippen LogP contribution is 2.40. The van der Waals surface area contributed by atoms with Gasteiger partial charge in [-0.05, 0) is 49.9 Å². The normalized spacial score (nSPS) is 21.4. The van der Waals surface area contributed by atoms with E-state index >= 15 is 0 Å². The van der Waals surface area contributed by atoms with Gasteiger partial charge in [-0.15, -0.1) is 0 Å². The van der Waals surface area contributed by atoms with Crippen molar-refractivity contribution in [3.63, 3.8) is 0 Å². The molecular formula is C23H27N3O3S. The number of hydrogen-bond acceptors (Lipinski definition) is 7. The quantitative estimate of drug-likeness (QED) is 0.679. The molecule has 0 aliphatic carbocycles. The number of ether oxygens (including phenoxy) is 3. The lowest BCUT2D eigenvalue weighted by Gasteiger charge is -2.45. The van der Waals surface area contributed by atoms with Crippen LogP contribution < -0.4 is 24.8 Å². The van der Waals surface area contributed by atoms with Crippen molar-refractivity contribution >= 4 is 26.7 Å². The molecule has 1 saturated heterocycles. The van der Waals surface area contributed by atoms with Gasteiger partial charge in [0.2, 0.25) is 0 Å². The van der Waals surface area contributed by atoms with Crippen molar-refractivity contribution in [2.24, 2.45) is 11.7 Å². The molecule has 1 fully saturated rings. The molecule has 2 aromatic carbocycles. The first-order chi connectivity index (χ1) is 14.5. The molecular weight excluding hydrogens is 398 g/mol. The smallest absolute Gasteiger partial charge is 0.186 e. The second-order valence-corrected chi connectivity index (χ2v) is 9.33. The molecule has 1 aromatic heterocycles. The fourth-order valence-electron chi connectivity index (χ4n) is 4.44. The molecule has 0 bridgehead atoms. The molecule has 5 rings (SSSR count). The van der Waals surface area contributed by atoms with Crippen LogP contribution >= 0.6 is 11.3 Å². The van der Waals surface area contributed by atoms with E-state index in [9.17, 15) is 0 Å². The molecule has 0 amide bonds. The second kappa shape index (κ2) is 7.63. The van der Waals surface area contributed by atoms with Crippen molar-refractivity contribution in [1.29, 1.82) is 0 Å². The SMILES string of the molecule is COc1ccc2c(c1)OCC(C(C)(N)C1CCN(c3nc4ccccc4s3)CC1)O2. The molecule has 0 saturated carbocycles. The van der Waals surface area contributed by atoms with Crippen LogP contribution in [0.4, 0.5) is 5.13 Å². The molecule has 2 unspecified atom stereocenters. The number of benzene rings is 2. The van der Waals surface area contributed by atoms with Gasteiger partial charge in [-0.1, -0.05) is 23.5 Å². The standard InChI is InChI=1S/C23H27N3O3S/c1-23(24,21-14-28-19-13-16(27-2)7-8-18(19)29-21)15-9-11-26(12-10-15)22-25-17-5-3-4-6-20(17)30-22/h3-8,13,15,21H,9-12,14,24H2,1-2H3. The molecule has 2 N–H and O–H groups in total. The maximum atomic E-state index is 6.86. The van der Waals surface area contributed by atoms with Crippen molar-refractivity contribution in [3.05, 3.63) is 42.5 Å². The Hall–Kier alpha value is -2.51. The van der Waals surface area contributed by atoms with Gasteiger partial charge < -0.3 is 24.8 Å². The van der Waals surface area contributed by atoms with Crippen LogP contribution in [0.3, 0.4) is 0 Å². The predicted octanol–water partition coefficient (Wildman–Crippen LogP) is 4.08. The monoisotopic (exact) mass is 425 g/mol. The summed E-state index contributed by atoms with van der Waals surface area (Å²) in [5, 5.41) is 1.11. The summed E-state index contributed by atoms with van der Waals surface area (Å²) in [5.74, 6) is 2.56. The van der Waals surface area contributed by atoms with Gasteiger partial charge >= 0.3 is 0 Å².